The fraction of sp³-hybridized carbons (Fsp3) is 0.800. The van der Waals surface area contributed by atoms with E-state index in [0.29, 0.717) is 5.91 Å². The molecule has 0 aromatic carbocycles. The third kappa shape index (κ3) is 5.30. The van der Waals surface area contributed by atoms with Gasteiger partial charge in [0.25, 0.3) is 0 Å². The Morgan fingerprint density at radius 3 is 2.44 bits per heavy atom. The van der Waals surface area contributed by atoms with Crippen molar-refractivity contribution in [3.63, 3.8) is 0 Å². The number of hydrogen-bond donors (Lipinski definition) is 0. The summed E-state index contributed by atoms with van der Waals surface area (Å²) in [4.78, 5) is 17.0. The van der Waals surface area contributed by atoms with E-state index in [-0.39, 0.29) is 0 Å². The predicted octanol–water partition coefficient (Wildman–Crippen LogP) is 3.00. The van der Waals surface area contributed by atoms with Crippen LogP contribution in [0.25, 0.3) is 0 Å². The second-order valence-electron chi connectivity index (χ2n) is 7.92. The molecule has 1 aromatic rings. The van der Waals surface area contributed by atoms with Crippen LogP contribution < -0.4 is 0 Å². The van der Waals surface area contributed by atoms with Gasteiger partial charge in [-0.25, -0.2) is 0 Å². The molecule has 0 N–H and O–H groups in total. The number of aryl methyl sites for hydroxylation is 2. The lowest BCUT2D eigenvalue weighted by molar-refractivity contribution is -0.133. The third-order valence-corrected chi connectivity index (χ3v) is 5.95. The summed E-state index contributed by atoms with van der Waals surface area (Å²) in [6.45, 7) is 9.88. The monoisotopic (exact) mass is 346 g/mol. The van der Waals surface area contributed by atoms with Crippen LogP contribution in [0.15, 0.2) is 6.07 Å². The fourth-order valence-corrected chi connectivity index (χ4v) is 4.32. The largest absolute Gasteiger partial charge is 0.340 e. The Labute approximate surface area is 152 Å². The second kappa shape index (κ2) is 8.84. The molecule has 0 radical (unpaired) electrons. The van der Waals surface area contributed by atoms with E-state index in [2.05, 4.69) is 32.6 Å². The number of rotatable bonds is 6. The highest BCUT2D eigenvalue weighted by Crippen LogP contribution is 2.27. The average molecular weight is 347 g/mol. The predicted molar refractivity (Wildman–Crippen MR) is 101 cm³/mol. The zero-order valence-electron chi connectivity index (χ0n) is 16.0. The maximum Gasteiger partial charge on any atom is 0.222 e. The molecule has 1 aliphatic carbocycles. The minimum atomic E-state index is 0.378. The molecule has 2 aliphatic rings. The van der Waals surface area contributed by atoms with Crippen molar-refractivity contribution in [1.29, 1.82) is 0 Å². The molecule has 1 saturated heterocycles. The first kappa shape index (κ1) is 18.4. The van der Waals surface area contributed by atoms with Gasteiger partial charge >= 0.3 is 0 Å². The lowest BCUT2D eigenvalue weighted by atomic mass is 9.86. The van der Waals surface area contributed by atoms with Crippen molar-refractivity contribution < 1.29 is 4.79 Å². The molecule has 25 heavy (non-hydrogen) atoms. The SMILES string of the molecule is Cc1cc(C)n(CCN2CCN(C(=O)CCC3CCCCC3)CC2)n1. The fourth-order valence-electron chi connectivity index (χ4n) is 4.32. The van der Waals surface area contributed by atoms with E-state index in [4.69, 9.17) is 0 Å². The van der Waals surface area contributed by atoms with E-state index in [1.807, 2.05) is 6.92 Å². The minimum absolute atomic E-state index is 0.378. The molecule has 1 saturated carbocycles. The number of nitrogens with zero attached hydrogens (tertiary/aromatic N) is 4. The number of amides is 1. The van der Waals surface area contributed by atoms with Gasteiger partial charge in [0.2, 0.25) is 5.91 Å². The molecule has 1 aromatic heterocycles. The van der Waals surface area contributed by atoms with Crippen molar-refractivity contribution in [2.75, 3.05) is 32.7 Å². The third-order valence-electron chi connectivity index (χ3n) is 5.95. The summed E-state index contributed by atoms with van der Waals surface area (Å²) in [6, 6.07) is 2.13. The number of carbonyl (C=O) groups excluding carboxylic acids is 1. The summed E-state index contributed by atoms with van der Waals surface area (Å²) in [5.74, 6) is 1.18. The van der Waals surface area contributed by atoms with Crippen molar-refractivity contribution in [3.05, 3.63) is 17.5 Å². The molecule has 0 spiro atoms. The smallest absolute Gasteiger partial charge is 0.222 e. The summed E-state index contributed by atoms with van der Waals surface area (Å²) in [6.07, 6.45) is 8.68. The summed E-state index contributed by atoms with van der Waals surface area (Å²) in [7, 11) is 0. The van der Waals surface area contributed by atoms with Crippen LogP contribution in [0.1, 0.15) is 56.3 Å². The van der Waals surface area contributed by atoms with Crippen molar-refractivity contribution in [1.82, 2.24) is 19.6 Å². The van der Waals surface area contributed by atoms with Gasteiger partial charge in [0.05, 0.1) is 12.2 Å². The van der Waals surface area contributed by atoms with Gasteiger partial charge in [-0.05, 0) is 32.3 Å². The lowest BCUT2D eigenvalue weighted by Gasteiger charge is -2.35. The molecule has 2 heterocycles. The molecule has 5 heteroatoms. The molecular weight excluding hydrogens is 312 g/mol. The topological polar surface area (TPSA) is 41.4 Å². The highest BCUT2D eigenvalue weighted by Gasteiger charge is 2.22. The Morgan fingerprint density at radius 1 is 1.08 bits per heavy atom. The molecule has 2 fully saturated rings. The van der Waals surface area contributed by atoms with Crippen LogP contribution in [0.4, 0.5) is 0 Å². The van der Waals surface area contributed by atoms with Crippen molar-refractivity contribution in [2.45, 2.75) is 65.3 Å². The van der Waals surface area contributed by atoms with E-state index in [1.165, 1.54) is 37.8 Å². The first-order valence-corrected chi connectivity index (χ1v) is 10.1. The van der Waals surface area contributed by atoms with E-state index in [1.54, 1.807) is 0 Å². The summed E-state index contributed by atoms with van der Waals surface area (Å²) in [5, 5.41) is 4.53. The Kier molecular flexibility index (Phi) is 6.51. The minimum Gasteiger partial charge on any atom is -0.340 e. The first-order valence-electron chi connectivity index (χ1n) is 10.1. The van der Waals surface area contributed by atoms with E-state index >= 15 is 0 Å². The van der Waals surface area contributed by atoms with Gasteiger partial charge < -0.3 is 4.90 Å². The molecule has 1 aliphatic heterocycles. The maximum absolute atomic E-state index is 12.5. The standard InChI is InChI=1S/C20H34N4O/c1-17-16-18(2)24(21-17)15-12-22-10-13-23(14-11-22)20(25)9-8-19-6-4-3-5-7-19/h16,19H,3-15H2,1-2H3. The summed E-state index contributed by atoms with van der Waals surface area (Å²) < 4.78 is 2.09. The molecule has 0 unspecified atom stereocenters. The zero-order valence-corrected chi connectivity index (χ0v) is 16.0. The average Bonchev–Trinajstić information content (AvgIpc) is 2.96. The van der Waals surface area contributed by atoms with Crippen LogP contribution >= 0.6 is 0 Å². The first-order chi connectivity index (χ1) is 12.1. The number of aromatic nitrogens is 2. The molecule has 0 atom stereocenters. The van der Waals surface area contributed by atoms with Crippen LogP contribution in [0.5, 0.6) is 0 Å². The highest BCUT2D eigenvalue weighted by molar-refractivity contribution is 5.76. The highest BCUT2D eigenvalue weighted by atomic mass is 16.2. The van der Waals surface area contributed by atoms with Gasteiger partial charge in [0.15, 0.2) is 0 Å². The van der Waals surface area contributed by atoms with Gasteiger partial charge in [0.1, 0.15) is 0 Å². The molecule has 1 amide bonds. The molecule has 5 nitrogen and oxygen atoms in total. The Bertz CT molecular complexity index is 554. The van der Waals surface area contributed by atoms with Gasteiger partial charge in [0, 0.05) is 44.8 Å². The van der Waals surface area contributed by atoms with Gasteiger partial charge in [-0.15, -0.1) is 0 Å². The van der Waals surface area contributed by atoms with Crippen LogP contribution in [-0.2, 0) is 11.3 Å². The van der Waals surface area contributed by atoms with E-state index in [9.17, 15) is 4.79 Å². The summed E-state index contributed by atoms with van der Waals surface area (Å²) >= 11 is 0. The van der Waals surface area contributed by atoms with Crippen LogP contribution in [-0.4, -0.2) is 58.2 Å². The lowest BCUT2D eigenvalue weighted by Crippen LogP contribution is -2.49. The number of piperazine rings is 1. The molecule has 0 bridgehead atoms. The van der Waals surface area contributed by atoms with Gasteiger partial charge in [-0.2, -0.15) is 5.10 Å². The van der Waals surface area contributed by atoms with E-state index in [0.717, 1.165) is 63.7 Å². The van der Waals surface area contributed by atoms with Crippen LogP contribution in [0.3, 0.4) is 0 Å². The van der Waals surface area contributed by atoms with Gasteiger partial charge in [-0.3, -0.25) is 14.4 Å². The number of carbonyl (C=O) groups is 1. The molecular formula is C20H34N4O. The summed E-state index contributed by atoms with van der Waals surface area (Å²) in [5.41, 5.74) is 2.32. The quantitative estimate of drug-likeness (QED) is 0.795. The van der Waals surface area contributed by atoms with Crippen molar-refractivity contribution in [3.8, 4) is 0 Å². The van der Waals surface area contributed by atoms with Gasteiger partial charge in [-0.1, -0.05) is 32.1 Å². The van der Waals surface area contributed by atoms with Crippen molar-refractivity contribution >= 4 is 5.91 Å². The molecule has 140 valence electrons. The normalized spacial score (nSPS) is 20.2. The molecule has 3 rings (SSSR count). The Balaban J connectivity index is 1.34. The Hall–Kier alpha value is -1.36. The maximum atomic E-state index is 12.5. The second-order valence-corrected chi connectivity index (χ2v) is 7.92. The van der Waals surface area contributed by atoms with E-state index < -0.39 is 0 Å². The Morgan fingerprint density at radius 2 is 1.80 bits per heavy atom. The zero-order chi connectivity index (χ0) is 17.6. The number of hydrogen-bond acceptors (Lipinski definition) is 3. The van der Waals surface area contributed by atoms with Crippen LogP contribution in [0, 0.1) is 19.8 Å². The van der Waals surface area contributed by atoms with Crippen LogP contribution in [0.2, 0.25) is 0 Å². The van der Waals surface area contributed by atoms with Crippen molar-refractivity contribution in [2.24, 2.45) is 5.92 Å².